The van der Waals surface area contributed by atoms with Gasteiger partial charge in [0.1, 0.15) is 0 Å². The highest BCUT2D eigenvalue weighted by Gasteiger charge is 2.16. The molecule has 7 heteroatoms. The van der Waals surface area contributed by atoms with Gasteiger partial charge in [0.2, 0.25) is 0 Å². The number of hydrogen-bond acceptors (Lipinski definition) is 4. The smallest absolute Gasteiger partial charge is 0.392 e. The van der Waals surface area contributed by atoms with Crippen molar-refractivity contribution in [2.24, 2.45) is 0 Å². The molecule has 1 heterocycles. The first kappa shape index (κ1) is 10.2. The molecule has 1 rings (SSSR count). The molecule has 0 aliphatic rings. The van der Waals surface area contributed by atoms with Crippen LogP contribution in [0.1, 0.15) is 12.0 Å². The number of aryl methyl sites for hydroxylation is 2. The molecule has 0 aliphatic heterocycles. The second-order valence-electron chi connectivity index (χ2n) is 2.80. The highest BCUT2D eigenvalue weighted by Crippen LogP contribution is 2.13. The number of carboxylic acids is 1. The summed E-state index contributed by atoms with van der Waals surface area (Å²) in [7, 11) is 0. The third-order valence-electron chi connectivity index (χ3n) is 1.65. The molecule has 0 spiro atoms. The van der Waals surface area contributed by atoms with Crippen LogP contribution in [-0.4, -0.2) is 25.8 Å². The maximum atomic E-state index is 10.4. The Bertz CT molecular complexity index is 371. The topological polar surface area (TPSA) is 98.3 Å². The van der Waals surface area contributed by atoms with Crippen molar-refractivity contribution in [1.29, 1.82) is 0 Å². The minimum absolute atomic E-state index is 0.0989. The first-order valence-corrected chi connectivity index (χ1v) is 3.91. The van der Waals surface area contributed by atoms with Gasteiger partial charge in [-0.25, -0.2) is 0 Å². The Morgan fingerprint density at radius 3 is 2.86 bits per heavy atom. The SMILES string of the molecule is Cc1cn(CCC(=O)O)nc1[N+](=O)[O-]. The molecule has 0 amide bonds. The highest BCUT2D eigenvalue weighted by atomic mass is 16.6. The Balaban J connectivity index is 2.76. The summed E-state index contributed by atoms with van der Waals surface area (Å²) in [6.45, 7) is 1.70. The Morgan fingerprint density at radius 1 is 1.79 bits per heavy atom. The van der Waals surface area contributed by atoms with E-state index in [1.54, 1.807) is 6.92 Å². The number of nitro groups is 1. The molecule has 0 radical (unpaired) electrons. The van der Waals surface area contributed by atoms with E-state index < -0.39 is 10.9 Å². The second kappa shape index (κ2) is 3.86. The molecule has 14 heavy (non-hydrogen) atoms. The van der Waals surface area contributed by atoms with Gasteiger partial charge in [0.25, 0.3) is 0 Å². The lowest BCUT2D eigenvalue weighted by atomic mass is 10.4. The van der Waals surface area contributed by atoms with Crippen LogP contribution in [0.2, 0.25) is 0 Å². The third kappa shape index (κ3) is 2.28. The Hall–Kier alpha value is -1.92. The van der Waals surface area contributed by atoms with E-state index in [0.29, 0.717) is 5.56 Å². The first-order chi connectivity index (χ1) is 6.50. The normalized spacial score (nSPS) is 10.1. The Morgan fingerprint density at radius 2 is 2.43 bits per heavy atom. The number of carbonyl (C=O) groups is 1. The monoisotopic (exact) mass is 199 g/mol. The molecule has 0 aromatic carbocycles. The van der Waals surface area contributed by atoms with Gasteiger partial charge in [0.15, 0.2) is 0 Å². The zero-order chi connectivity index (χ0) is 10.7. The fourth-order valence-electron chi connectivity index (χ4n) is 1.02. The van der Waals surface area contributed by atoms with Crippen LogP contribution in [0.15, 0.2) is 6.20 Å². The van der Waals surface area contributed by atoms with Gasteiger partial charge in [0, 0.05) is 0 Å². The lowest BCUT2D eigenvalue weighted by Gasteiger charge is -1.90. The molecule has 0 aliphatic carbocycles. The summed E-state index contributed by atoms with van der Waals surface area (Å²) in [4.78, 5) is 20.0. The van der Waals surface area contributed by atoms with Gasteiger partial charge in [-0.2, -0.15) is 4.68 Å². The summed E-state index contributed by atoms with van der Waals surface area (Å²) in [6.07, 6.45) is 1.36. The zero-order valence-electron chi connectivity index (χ0n) is 7.51. The molecule has 7 nitrogen and oxygen atoms in total. The van der Waals surface area contributed by atoms with Crippen molar-refractivity contribution >= 4 is 11.8 Å². The van der Waals surface area contributed by atoms with Crippen LogP contribution in [0.5, 0.6) is 0 Å². The lowest BCUT2D eigenvalue weighted by molar-refractivity contribution is -0.390. The van der Waals surface area contributed by atoms with E-state index in [-0.39, 0.29) is 18.8 Å². The van der Waals surface area contributed by atoms with Crippen LogP contribution in [0.3, 0.4) is 0 Å². The number of nitrogens with zero attached hydrogens (tertiary/aromatic N) is 3. The van der Waals surface area contributed by atoms with Gasteiger partial charge in [-0.3, -0.25) is 4.79 Å². The Labute approximate surface area is 79.1 Å². The van der Waals surface area contributed by atoms with E-state index in [1.807, 2.05) is 0 Å². The minimum Gasteiger partial charge on any atom is -0.481 e. The first-order valence-electron chi connectivity index (χ1n) is 3.91. The predicted molar refractivity (Wildman–Crippen MR) is 45.9 cm³/mol. The van der Waals surface area contributed by atoms with Crippen LogP contribution < -0.4 is 0 Å². The van der Waals surface area contributed by atoms with E-state index in [4.69, 9.17) is 5.11 Å². The number of rotatable bonds is 4. The van der Waals surface area contributed by atoms with Crippen molar-refractivity contribution in [3.63, 3.8) is 0 Å². The van der Waals surface area contributed by atoms with Gasteiger partial charge in [-0.05, 0) is 11.8 Å². The summed E-state index contributed by atoms with van der Waals surface area (Å²) < 4.78 is 1.27. The van der Waals surface area contributed by atoms with E-state index in [1.165, 1.54) is 10.9 Å². The molecule has 76 valence electrons. The molecular formula is C7H9N3O4. The molecule has 0 bridgehead atoms. The summed E-state index contributed by atoms with van der Waals surface area (Å²) in [5.74, 6) is -1.18. The van der Waals surface area contributed by atoms with Crippen LogP contribution in [0, 0.1) is 17.0 Å². The van der Waals surface area contributed by atoms with E-state index in [9.17, 15) is 14.9 Å². The summed E-state index contributed by atoms with van der Waals surface area (Å²) in [6, 6.07) is 0. The van der Waals surface area contributed by atoms with Crippen molar-refractivity contribution in [2.45, 2.75) is 19.9 Å². The Kier molecular flexibility index (Phi) is 2.80. The molecule has 0 atom stereocenters. The average molecular weight is 199 g/mol. The summed E-state index contributed by atoms with van der Waals surface area (Å²) in [5.41, 5.74) is 0.431. The average Bonchev–Trinajstić information content (AvgIpc) is 2.43. The fourth-order valence-corrected chi connectivity index (χ4v) is 1.02. The van der Waals surface area contributed by atoms with E-state index in [2.05, 4.69) is 5.10 Å². The zero-order valence-corrected chi connectivity index (χ0v) is 7.51. The maximum Gasteiger partial charge on any atom is 0.392 e. The fraction of sp³-hybridized carbons (Fsp3) is 0.429. The highest BCUT2D eigenvalue weighted by molar-refractivity contribution is 5.66. The quantitative estimate of drug-likeness (QED) is 0.564. The van der Waals surface area contributed by atoms with Crippen molar-refractivity contribution < 1.29 is 14.8 Å². The molecule has 0 saturated heterocycles. The maximum absolute atomic E-state index is 10.4. The van der Waals surface area contributed by atoms with E-state index in [0.717, 1.165) is 0 Å². The molecule has 1 aromatic rings. The third-order valence-corrected chi connectivity index (χ3v) is 1.65. The minimum atomic E-state index is -0.958. The number of hydrogen-bond donors (Lipinski definition) is 1. The molecule has 1 N–H and O–H groups in total. The number of carboxylic acid groups (broad SMARTS) is 1. The largest absolute Gasteiger partial charge is 0.481 e. The van der Waals surface area contributed by atoms with Crippen molar-refractivity contribution in [3.05, 3.63) is 21.9 Å². The number of aliphatic carboxylic acids is 1. The molecule has 1 aromatic heterocycles. The van der Waals surface area contributed by atoms with Crippen LogP contribution in [-0.2, 0) is 11.3 Å². The van der Waals surface area contributed by atoms with Gasteiger partial charge < -0.3 is 15.2 Å². The molecule has 0 fully saturated rings. The summed E-state index contributed by atoms with van der Waals surface area (Å²) in [5, 5.41) is 22.4. The summed E-state index contributed by atoms with van der Waals surface area (Å²) >= 11 is 0. The number of aromatic nitrogens is 2. The predicted octanol–water partition coefficient (Wildman–Crippen LogP) is 0.574. The van der Waals surface area contributed by atoms with Gasteiger partial charge >= 0.3 is 11.8 Å². The van der Waals surface area contributed by atoms with Crippen molar-refractivity contribution in [2.75, 3.05) is 0 Å². The molecule has 0 unspecified atom stereocenters. The van der Waals surface area contributed by atoms with Gasteiger partial charge in [0.05, 0.1) is 29.8 Å². The van der Waals surface area contributed by atoms with Crippen molar-refractivity contribution in [1.82, 2.24) is 9.78 Å². The molecular weight excluding hydrogens is 190 g/mol. The van der Waals surface area contributed by atoms with Crippen LogP contribution in [0.4, 0.5) is 5.82 Å². The van der Waals surface area contributed by atoms with Crippen LogP contribution >= 0.6 is 0 Å². The van der Waals surface area contributed by atoms with Gasteiger partial charge in [-0.1, -0.05) is 0 Å². The van der Waals surface area contributed by atoms with Crippen molar-refractivity contribution in [3.8, 4) is 0 Å². The lowest BCUT2D eigenvalue weighted by Crippen LogP contribution is -2.05. The molecule has 0 saturated carbocycles. The standard InChI is InChI=1S/C7H9N3O4/c1-5-4-9(3-2-6(11)12)8-7(5)10(13)14/h4H,2-3H2,1H3,(H,11,12). The van der Waals surface area contributed by atoms with E-state index >= 15 is 0 Å². The second-order valence-corrected chi connectivity index (χ2v) is 2.80. The van der Waals surface area contributed by atoms with Gasteiger partial charge in [-0.15, -0.1) is 0 Å². The van der Waals surface area contributed by atoms with Crippen LogP contribution in [0.25, 0.3) is 0 Å².